The van der Waals surface area contributed by atoms with Crippen LogP contribution in [-0.4, -0.2) is 47.6 Å². The van der Waals surface area contributed by atoms with Crippen molar-refractivity contribution in [2.45, 2.75) is 57.7 Å². The summed E-state index contributed by atoms with van der Waals surface area (Å²) >= 11 is 0. The average Bonchev–Trinajstić information content (AvgIpc) is 3.28. The predicted octanol–water partition coefficient (Wildman–Crippen LogP) is 3.63. The molecule has 9 nitrogen and oxygen atoms in total. The van der Waals surface area contributed by atoms with Crippen molar-refractivity contribution in [3.05, 3.63) is 87.1 Å². The molecule has 0 unspecified atom stereocenters. The number of amides is 1. The zero-order chi connectivity index (χ0) is 28.9. The van der Waals surface area contributed by atoms with Gasteiger partial charge < -0.3 is 29.8 Å². The molecule has 41 heavy (non-hydrogen) atoms. The van der Waals surface area contributed by atoms with E-state index in [0.717, 1.165) is 41.6 Å². The molecule has 1 aromatic heterocycles. The van der Waals surface area contributed by atoms with E-state index in [1.165, 1.54) is 6.07 Å². The number of allylic oxidation sites excluding steroid dienone is 2. The Hall–Kier alpha value is -4.27. The van der Waals surface area contributed by atoms with Crippen molar-refractivity contribution in [3.63, 3.8) is 0 Å². The monoisotopic (exact) mass is 557 g/mol. The molecule has 1 saturated heterocycles. The van der Waals surface area contributed by atoms with Gasteiger partial charge in [-0.05, 0) is 62.1 Å². The number of nitrogens with one attached hydrogen (secondary N) is 1. The van der Waals surface area contributed by atoms with Gasteiger partial charge in [0.1, 0.15) is 11.3 Å². The zero-order valence-electron chi connectivity index (χ0n) is 23.6. The number of nitrogens with zero attached hydrogens (tertiary/aromatic N) is 1. The molecule has 6 rings (SSSR count). The Balaban J connectivity index is 1.49. The first-order chi connectivity index (χ1) is 19.6. The van der Waals surface area contributed by atoms with Crippen LogP contribution < -0.4 is 21.4 Å². The topological polar surface area (TPSA) is 124 Å². The highest BCUT2D eigenvalue weighted by Gasteiger charge is 2.62. The second-order valence-corrected chi connectivity index (χ2v) is 11.5. The van der Waals surface area contributed by atoms with E-state index in [0.29, 0.717) is 42.1 Å². The van der Waals surface area contributed by atoms with Crippen LogP contribution in [0.3, 0.4) is 0 Å². The van der Waals surface area contributed by atoms with Crippen LogP contribution in [0.15, 0.2) is 80.3 Å². The number of hydrogen-bond acceptors (Lipinski definition) is 8. The van der Waals surface area contributed by atoms with E-state index in [2.05, 4.69) is 11.4 Å². The second kappa shape index (κ2) is 9.98. The summed E-state index contributed by atoms with van der Waals surface area (Å²) in [6.45, 7) is 7.44. The fourth-order valence-corrected chi connectivity index (χ4v) is 6.30. The Morgan fingerprint density at radius 2 is 2.07 bits per heavy atom. The van der Waals surface area contributed by atoms with Gasteiger partial charge in [-0.1, -0.05) is 18.2 Å². The summed E-state index contributed by atoms with van der Waals surface area (Å²) in [6, 6.07) is 6.84. The third-order valence-corrected chi connectivity index (χ3v) is 8.99. The third kappa shape index (κ3) is 4.53. The molecule has 4 aliphatic rings. The minimum atomic E-state index is -1.08. The summed E-state index contributed by atoms with van der Waals surface area (Å²) in [5.41, 5.74) is 7.39. The Bertz CT molecular complexity index is 1630. The van der Waals surface area contributed by atoms with Crippen LogP contribution in [-0.2, 0) is 20.7 Å². The number of hydrogen-bond donors (Lipinski definition) is 2. The molecule has 1 aromatic carbocycles. The lowest BCUT2D eigenvalue weighted by Crippen LogP contribution is -2.63. The van der Waals surface area contributed by atoms with Gasteiger partial charge in [0, 0.05) is 61.5 Å². The van der Waals surface area contributed by atoms with Crippen molar-refractivity contribution < 1.29 is 23.5 Å². The maximum absolute atomic E-state index is 13.2. The number of nitrogens with two attached hydrogens (primary N) is 1. The highest BCUT2D eigenvalue weighted by molar-refractivity contribution is 5.88. The van der Waals surface area contributed by atoms with Gasteiger partial charge in [0.15, 0.2) is 11.2 Å². The molecule has 2 aromatic rings. The van der Waals surface area contributed by atoms with Crippen LogP contribution in [0.25, 0.3) is 11.0 Å². The molecule has 1 aliphatic carbocycles. The fourth-order valence-electron chi connectivity index (χ4n) is 6.30. The first kappa shape index (κ1) is 26.9. The number of ether oxygens (including phenoxy) is 2. The number of carbonyl (C=O) groups is 2. The Morgan fingerprint density at radius 1 is 1.27 bits per heavy atom. The number of esters is 1. The lowest BCUT2D eigenvalue weighted by atomic mass is 9.63. The van der Waals surface area contributed by atoms with E-state index in [9.17, 15) is 14.4 Å². The highest BCUT2D eigenvalue weighted by atomic mass is 16.6. The minimum absolute atomic E-state index is 0.0862. The van der Waals surface area contributed by atoms with E-state index in [1.54, 1.807) is 32.1 Å². The lowest BCUT2D eigenvalue weighted by molar-refractivity contribution is -0.185. The maximum atomic E-state index is 13.2. The summed E-state index contributed by atoms with van der Waals surface area (Å²) in [6.07, 6.45) is 9.87. The van der Waals surface area contributed by atoms with Crippen molar-refractivity contribution in [2.24, 2.45) is 11.7 Å². The van der Waals surface area contributed by atoms with Gasteiger partial charge in [0.05, 0.1) is 12.2 Å². The molecule has 1 amide bonds. The van der Waals surface area contributed by atoms with Gasteiger partial charge in [-0.2, -0.15) is 0 Å². The molecule has 0 bridgehead atoms. The molecule has 4 heterocycles. The van der Waals surface area contributed by atoms with Gasteiger partial charge in [-0.15, -0.1) is 0 Å². The quantitative estimate of drug-likeness (QED) is 0.247. The van der Waals surface area contributed by atoms with E-state index in [4.69, 9.17) is 19.6 Å². The molecule has 214 valence electrons. The number of likely N-dealkylation sites (tertiary alicyclic amines) is 1. The smallest absolute Gasteiger partial charge is 0.336 e. The van der Waals surface area contributed by atoms with Crippen molar-refractivity contribution in [3.8, 4) is 5.75 Å². The highest BCUT2D eigenvalue weighted by Crippen LogP contribution is 2.54. The van der Waals surface area contributed by atoms with Crippen LogP contribution in [0.4, 0.5) is 0 Å². The van der Waals surface area contributed by atoms with Gasteiger partial charge in [-0.25, -0.2) is 9.59 Å². The normalized spacial score (nSPS) is 27.2. The summed E-state index contributed by atoms with van der Waals surface area (Å²) in [5, 5.41) is 3.97. The first-order valence-electron chi connectivity index (χ1n) is 14.1. The SMILES string of the molecule is C/C=C(\C)C(=O)O[C@]1(C)CC=C[C@H](C2=C(CC(=O)N3CCC3)CNC(N)=C2)[C@]12Cc1cc3ccc(=O)oc3cc1O2. The van der Waals surface area contributed by atoms with E-state index in [-0.39, 0.29) is 18.2 Å². The number of fused-ring (bicyclic) bond motifs is 2. The minimum Gasteiger partial charge on any atom is -0.481 e. The molecule has 9 heteroatoms. The molecule has 0 saturated carbocycles. The van der Waals surface area contributed by atoms with E-state index >= 15 is 0 Å². The largest absolute Gasteiger partial charge is 0.481 e. The molecular formula is C32H35N3O6. The molecule has 0 radical (unpaired) electrons. The molecule has 1 spiro atoms. The van der Waals surface area contributed by atoms with Crippen LogP contribution in [0.1, 0.15) is 45.6 Å². The Labute approximate surface area is 238 Å². The van der Waals surface area contributed by atoms with Crippen molar-refractivity contribution in [1.29, 1.82) is 0 Å². The van der Waals surface area contributed by atoms with Crippen LogP contribution in [0.2, 0.25) is 0 Å². The van der Waals surface area contributed by atoms with Crippen molar-refractivity contribution in [2.75, 3.05) is 19.6 Å². The first-order valence-corrected chi connectivity index (χ1v) is 14.1. The number of carbonyl (C=O) groups excluding carboxylic acids is 2. The zero-order valence-corrected chi connectivity index (χ0v) is 23.6. The molecule has 1 fully saturated rings. The standard InChI is InChI=1S/C32H35N3O6/c1-4-19(2)30(38)41-31(3)10-5-7-24(23-15-27(33)34-18-22(23)14-28(36)35-11-6-12-35)32(31)17-21-13-20-8-9-29(37)39-25(20)16-26(21)40-32/h4-5,7-9,13,15-16,24,34H,6,10-12,14,17-18,33H2,1-3H3/b19-4+/t24-,31-,32-/m1/s1. The average molecular weight is 558 g/mol. The van der Waals surface area contributed by atoms with Gasteiger partial charge in [0.25, 0.3) is 0 Å². The third-order valence-electron chi connectivity index (χ3n) is 8.99. The number of rotatable bonds is 5. The summed E-state index contributed by atoms with van der Waals surface area (Å²) in [4.78, 5) is 40.1. The van der Waals surface area contributed by atoms with Crippen LogP contribution in [0.5, 0.6) is 5.75 Å². The fraction of sp³-hybridized carbons (Fsp3) is 0.406. The van der Waals surface area contributed by atoms with Crippen molar-refractivity contribution >= 4 is 22.8 Å². The molecule has 3 aliphatic heterocycles. The van der Waals surface area contributed by atoms with E-state index < -0.39 is 22.8 Å². The number of dihydropyridines is 1. The summed E-state index contributed by atoms with van der Waals surface area (Å²) in [5.74, 6) is 0.356. The molecular weight excluding hydrogens is 522 g/mol. The molecule has 3 atom stereocenters. The molecule has 3 N–H and O–H groups in total. The predicted molar refractivity (Wildman–Crippen MR) is 154 cm³/mol. The Kier molecular flexibility index (Phi) is 6.55. The summed E-state index contributed by atoms with van der Waals surface area (Å²) in [7, 11) is 0. The van der Waals surface area contributed by atoms with Gasteiger partial charge >= 0.3 is 11.6 Å². The van der Waals surface area contributed by atoms with Crippen LogP contribution in [0, 0.1) is 5.92 Å². The lowest BCUT2D eigenvalue weighted by Gasteiger charge is -2.51. The van der Waals surface area contributed by atoms with Gasteiger partial charge in [0.2, 0.25) is 5.91 Å². The van der Waals surface area contributed by atoms with Crippen molar-refractivity contribution in [1.82, 2.24) is 10.2 Å². The van der Waals surface area contributed by atoms with Gasteiger partial charge in [-0.3, -0.25) is 4.79 Å². The van der Waals surface area contributed by atoms with Crippen LogP contribution >= 0.6 is 0 Å². The van der Waals surface area contributed by atoms with E-state index in [1.807, 2.05) is 30.0 Å². The Morgan fingerprint density at radius 3 is 2.80 bits per heavy atom. The number of benzene rings is 1. The summed E-state index contributed by atoms with van der Waals surface area (Å²) < 4.78 is 18.7. The maximum Gasteiger partial charge on any atom is 0.336 e. The second-order valence-electron chi connectivity index (χ2n) is 11.5.